The van der Waals surface area contributed by atoms with Crippen molar-refractivity contribution in [3.05, 3.63) is 71.3 Å². The zero-order chi connectivity index (χ0) is 20.1. The van der Waals surface area contributed by atoms with Crippen molar-refractivity contribution in [3.63, 3.8) is 0 Å². The number of halogens is 2. The Morgan fingerprint density at radius 2 is 1.64 bits per heavy atom. The lowest BCUT2D eigenvalue weighted by Crippen LogP contribution is -2.40. The van der Waals surface area contributed by atoms with Crippen LogP contribution in [0, 0.1) is 0 Å². The Morgan fingerprint density at radius 3 is 2.18 bits per heavy atom. The highest BCUT2D eigenvalue weighted by atomic mass is 19.2. The summed E-state index contributed by atoms with van der Waals surface area (Å²) in [5.74, 6) is -0.255. The molecule has 0 saturated heterocycles. The fraction of sp³-hybridized carbons (Fsp3) is 0.520. The molecule has 0 aliphatic heterocycles. The molecule has 2 aromatic carbocycles. The second-order valence-corrected chi connectivity index (χ2v) is 8.40. The van der Waals surface area contributed by atoms with Crippen LogP contribution in [-0.2, 0) is 13.0 Å². The molecule has 152 valence electrons. The molecule has 1 fully saturated rings. The van der Waals surface area contributed by atoms with Gasteiger partial charge in [0, 0.05) is 24.5 Å². The number of hydrogen-bond acceptors (Lipinski definition) is 1. The smallest absolute Gasteiger partial charge is 0.138 e. The van der Waals surface area contributed by atoms with Gasteiger partial charge in [-0.25, -0.2) is 8.78 Å². The molecular weight excluding hydrogens is 352 g/mol. The van der Waals surface area contributed by atoms with Crippen molar-refractivity contribution < 1.29 is 8.78 Å². The van der Waals surface area contributed by atoms with Crippen molar-refractivity contribution in [1.29, 1.82) is 0 Å². The van der Waals surface area contributed by atoms with Crippen LogP contribution in [0.3, 0.4) is 0 Å². The highest BCUT2D eigenvalue weighted by molar-refractivity contribution is 5.29. The van der Waals surface area contributed by atoms with E-state index in [4.69, 9.17) is 0 Å². The minimum atomic E-state index is -1.33. The van der Waals surface area contributed by atoms with Crippen LogP contribution in [0.4, 0.5) is 8.78 Å². The van der Waals surface area contributed by atoms with Crippen LogP contribution in [-0.4, -0.2) is 29.3 Å². The van der Waals surface area contributed by atoms with Crippen molar-refractivity contribution in [2.45, 2.75) is 83.3 Å². The van der Waals surface area contributed by atoms with Gasteiger partial charge in [-0.3, -0.25) is 4.90 Å². The van der Waals surface area contributed by atoms with E-state index in [0.29, 0.717) is 18.5 Å². The van der Waals surface area contributed by atoms with Crippen LogP contribution in [0.1, 0.15) is 62.6 Å². The maximum absolute atomic E-state index is 13.6. The molecule has 0 N–H and O–H groups in total. The number of nitrogens with zero attached hydrogens (tertiary/aromatic N) is 1. The van der Waals surface area contributed by atoms with Crippen LogP contribution in [0.5, 0.6) is 0 Å². The SMILES string of the molecule is CCC(CCc1ccc(C2CC(F)C2F)cc1)N(Cc1ccccc1)C(C)C. The molecule has 0 heterocycles. The molecule has 2 aromatic rings. The van der Waals surface area contributed by atoms with Crippen molar-refractivity contribution in [3.8, 4) is 0 Å². The average molecular weight is 386 g/mol. The molecule has 0 bridgehead atoms. The summed E-state index contributed by atoms with van der Waals surface area (Å²) in [4.78, 5) is 2.59. The van der Waals surface area contributed by atoms with Crippen LogP contribution in [0.15, 0.2) is 54.6 Å². The van der Waals surface area contributed by atoms with Gasteiger partial charge in [-0.15, -0.1) is 0 Å². The Kier molecular flexibility index (Phi) is 7.23. The quantitative estimate of drug-likeness (QED) is 0.478. The summed E-state index contributed by atoms with van der Waals surface area (Å²) in [6.07, 6.45) is 0.942. The Bertz CT molecular complexity index is 713. The number of hydrogen-bond donors (Lipinski definition) is 0. The number of rotatable bonds is 9. The van der Waals surface area contributed by atoms with Crippen molar-refractivity contribution >= 4 is 0 Å². The van der Waals surface area contributed by atoms with E-state index in [1.165, 1.54) is 11.1 Å². The zero-order valence-electron chi connectivity index (χ0n) is 17.3. The van der Waals surface area contributed by atoms with E-state index in [2.05, 4.69) is 68.1 Å². The average Bonchev–Trinajstić information content (AvgIpc) is 2.72. The summed E-state index contributed by atoms with van der Waals surface area (Å²) in [5.41, 5.74) is 3.56. The normalized spacial score (nSPS) is 23.0. The monoisotopic (exact) mass is 385 g/mol. The molecule has 3 heteroatoms. The molecule has 4 atom stereocenters. The third-order valence-corrected chi connectivity index (χ3v) is 6.19. The molecular formula is C25H33F2N. The van der Waals surface area contributed by atoms with E-state index in [-0.39, 0.29) is 5.92 Å². The summed E-state index contributed by atoms with van der Waals surface area (Å²) in [7, 11) is 0. The summed E-state index contributed by atoms with van der Waals surface area (Å²) < 4.78 is 26.7. The van der Waals surface area contributed by atoms with Gasteiger partial charge in [0.2, 0.25) is 0 Å². The van der Waals surface area contributed by atoms with E-state index in [1.54, 1.807) is 0 Å². The second-order valence-electron chi connectivity index (χ2n) is 8.40. The van der Waals surface area contributed by atoms with E-state index in [1.807, 2.05) is 12.1 Å². The van der Waals surface area contributed by atoms with Crippen LogP contribution in [0.2, 0.25) is 0 Å². The van der Waals surface area contributed by atoms with Gasteiger partial charge in [-0.2, -0.15) is 0 Å². The van der Waals surface area contributed by atoms with Crippen molar-refractivity contribution in [2.75, 3.05) is 0 Å². The Labute approximate surface area is 168 Å². The highest BCUT2D eigenvalue weighted by Gasteiger charge is 2.42. The Balaban J connectivity index is 1.59. The summed E-state index contributed by atoms with van der Waals surface area (Å²) in [6.45, 7) is 7.77. The minimum absolute atomic E-state index is 0.255. The number of aryl methyl sites for hydroxylation is 1. The molecule has 4 unspecified atom stereocenters. The predicted octanol–water partition coefficient (Wildman–Crippen LogP) is 6.47. The van der Waals surface area contributed by atoms with Gasteiger partial charge in [0.15, 0.2) is 0 Å². The van der Waals surface area contributed by atoms with Crippen LogP contribution >= 0.6 is 0 Å². The Hall–Kier alpha value is -1.74. The first-order valence-corrected chi connectivity index (χ1v) is 10.7. The van der Waals surface area contributed by atoms with Gasteiger partial charge in [-0.05, 0) is 56.2 Å². The van der Waals surface area contributed by atoms with Gasteiger partial charge in [-0.1, -0.05) is 61.5 Å². The first-order chi connectivity index (χ1) is 13.5. The van der Waals surface area contributed by atoms with E-state index in [9.17, 15) is 8.78 Å². The first-order valence-electron chi connectivity index (χ1n) is 10.7. The zero-order valence-corrected chi connectivity index (χ0v) is 17.3. The third kappa shape index (κ3) is 5.00. The topological polar surface area (TPSA) is 3.24 Å². The molecule has 1 nitrogen and oxygen atoms in total. The second kappa shape index (κ2) is 9.65. The van der Waals surface area contributed by atoms with Crippen LogP contribution in [0.25, 0.3) is 0 Å². The summed E-state index contributed by atoms with van der Waals surface area (Å²) >= 11 is 0. The first kappa shape index (κ1) is 21.0. The standard InChI is InChI=1S/C25H33F2N/c1-4-22(28(18(2)3)17-20-8-6-5-7-9-20)15-12-19-10-13-21(14-11-19)23-16-24(26)25(23)27/h5-11,13-14,18,22-25H,4,12,15-17H2,1-3H3. The van der Waals surface area contributed by atoms with Gasteiger partial charge in [0.05, 0.1) is 0 Å². The molecule has 1 saturated carbocycles. The lowest BCUT2D eigenvalue weighted by Gasteiger charge is -2.35. The van der Waals surface area contributed by atoms with Gasteiger partial charge in [0.1, 0.15) is 12.3 Å². The van der Waals surface area contributed by atoms with Gasteiger partial charge < -0.3 is 0 Å². The lowest BCUT2D eigenvalue weighted by atomic mass is 9.76. The van der Waals surface area contributed by atoms with Gasteiger partial charge in [0.25, 0.3) is 0 Å². The third-order valence-electron chi connectivity index (χ3n) is 6.19. The largest absolute Gasteiger partial charge is 0.294 e. The molecule has 0 amide bonds. The van der Waals surface area contributed by atoms with Crippen molar-refractivity contribution in [2.24, 2.45) is 0 Å². The van der Waals surface area contributed by atoms with Gasteiger partial charge >= 0.3 is 0 Å². The summed E-state index contributed by atoms with van der Waals surface area (Å²) in [5, 5.41) is 0. The molecule has 0 radical (unpaired) electrons. The maximum atomic E-state index is 13.6. The van der Waals surface area contributed by atoms with Crippen molar-refractivity contribution in [1.82, 2.24) is 4.90 Å². The number of benzene rings is 2. The minimum Gasteiger partial charge on any atom is -0.294 e. The summed E-state index contributed by atoms with van der Waals surface area (Å²) in [6, 6.07) is 19.8. The molecule has 0 aromatic heterocycles. The van der Waals surface area contributed by atoms with E-state index < -0.39 is 12.3 Å². The molecule has 28 heavy (non-hydrogen) atoms. The lowest BCUT2D eigenvalue weighted by molar-refractivity contribution is 0.0428. The van der Waals surface area contributed by atoms with E-state index >= 15 is 0 Å². The molecule has 0 spiro atoms. The Morgan fingerprint density at radius 1 is 0.964 bits per heavy atom. The number of alkyl halides is 2. The highest BCUT2D eigenvalue weighted by Crippen LogP contribution is 2.41. The molecule has 1 aliphatic rings. The molecule has 3 rings (SSSR count). The fourth-order valence-corrected chi connectivity index (χ4v) is 4.28. The van der Waals surface area contributed by atoms with Crippen LogP contribution < -0.4 is 0 Å². The molecule has 1 aliphatic carbocycles. The maximum Gasteiger partial charge on any atom is 0.138 e. The van der Waals surface area contributed by atoms with E-state index in [0.717, 1.165) is 31.4 Å². The fourth-order valence-electron chi connectivity index (χ4n) is 4.28. The predicted molar refractivity (Wildman–Crippen MR) is 113 cm³/mol.